The quantitative estimate of drug-likeness (QED) is 0.836. The number of rotatable bonds is 6. The van der Waals surface area contributed by atoms with E-state index in [9.17, 15) is 4.79 Å². The number of carbonyl (C=O) groups excluding carboxylic acids is 1. The summed E-state index contributed by atoms with van der Waals surface area (Å²) in [5.74, 6) is 0.0281. The van der Waals surface area contributed by atoms with Crippen LogP contribution >= 0.6 is 0 Å². The summed E-state index contributed by atoms with van der Waals surface area (Å²) in [6.07, 6.45) is 2.41. The predicted molar refractivity (Wildman–Crippen MR) is 72.0 cm³/mol. The van der Waals surface area contributed by atoms with Crippen LogP contribution in [0.15, 0.2) is 24.3 Å². The van der Waals surface area contributed by atoms with E-state index >= 15 is 0 Å². The highest BCUT2D eigenvalue weighted by molar-refractivity contribution is 5.76. The summed E-state index contributed by atoms with van der Waals surface area (Å²) in [6.45, 7) is 4.03. The minimum absolute atomic E-state index is 0.0145. The molecule has 1 aromatic carbocycles. The Labute approximate surface area is 109 Å². The van der Waals surface area contributed by atoms with Gasteiger partial charge in [-0.05, 0) is 30.9 Å². The lowest BCUT2D eigenvalue weighted by Crippen LogP contribution is -2.34. The first-order valence-corrected chi connectivity index (χ1v) is 6.38. The Hall–Kier alpha value is -1.82. The first-order valence-electron chi connectivity index (χ1n) is 6.38. The zero-order valence-corrected chi connectivity index (χ0v) is 11.1. The predicted octanol–water partition coefficient (Wildman–Crippen LogP) is 2.74. The van der Waals surface area contributed by atoms with Crippen molar-refractivity contribution in [1.82, 2.24) is 5.32 Å². The minimum atomic E-state index is -0.0145. The summed E-state index contributed by atoms with van der Waals surface area (Å²) in [4.78, 5) is 11.8. The van der Waals surface area contributed by atoms with Crippen LogP contribution in [0.5, 0.6) is 0 Å². The van der Waals surface area contributed by atoms with Gasteiger partial charge in [0.2, 0.25) is 5.91 Å². The van der Waals surface area contributed by atoms with E-state index in [4.69, 9.17) is 5.26 Å². The van der Waals surface area contributed by atoms with E-state index in [-0.39, 0.29) is 11.9 Å². The first-order chi connectivity index (χ1) is 8.67. The van der Waals surface area contributed by atoms with Crippen LogP contribution in [0, 0.1) is 18.3 Å². The van der Waals surface area contributed by atoms with Gasteiger partial charge >= 0.3 is 0 Å². The summed E-state index contributed by atoms with van der Waals surface area (Å²) < 4.78 is 0. The highest BCUT2D eigenvalue weighted by Crippen LogP contribution is 2.09. The molecule has 0 aromatic heterocycles. The normalized spacial score (nSPS) is 11.6. The third-order valence-electron chi connectivity index (χ3n) is 3.08. The Bertz CT molecular complexity index is 434. The van der Waals surface area contributed by atoms with Crippen molar-refractivity contribution in [2.75, 3.05) is 0 Å². The van der Waals surface area contributed by atoms with Gasteiger partial charge in [-0.2, -0.15) is 5.26 Å². The van der Waals surface area contributed by atoms with Gasteiger partial charge < -0.3 is 5.32 Å². The average molecular weight is 244 g/mol. The van der Waals surface area contributed by atoms with E-state index in [1.165, 1.54) is 11.1 Å². The molecular weight excluding hydrogens is 224 g/mol. The van der Waals surface area contributed by atoms with Crippen LogP contribution in [0.2, 0.25) is 0 Å². The number of nitriles is 1. The molecule has 0 bridgehead atoms. The molecule has 1 rings (SSSR count). The van der Waals surface area contributed by atoms with Gasteiger partial charge in [0, 0.05) is 12.5 Å². The molecule has 0 heterocycles. The summed E-state index contributed by atoms with van der Waals surface area (Å²) in [5.41, 5.74) is 2.43. The Morgan fingerprint density at radius 2 is 2.17 bits per heavy atom. The van der Waals surface area contributed by atoms with Crippen LogP contribution in [0.1, 0.15) is 37.3 Å². The topological polar surface area (TPSA) is 52.9 Å². The molecule has 1 amide bonds. The fraction of sp³-hybridized carbons (Fsp3) is 0.467. The largest absolute Gasteiger partial charge is 0.352 e. The van der Waals surface area contributed by atoms with Crippen molar-refractivity contribution in [3.05, 3.63) is 35.4 Å². The fourth-order valence-corrected chi connectivity index (χ4v) is 1.85. The van der Waals surface area contributed by atoms with Gasteiger partial charge in [0.1, 0.15) is 0 Å². The van der Waals surface area contributed by atoms with Gasteiger partial charge in [0.25, 0.3) is 0 Å². The van der Waals surface area contributed by atoms with E-state index < -0.39 is 0 Å². The Morgan fingerprint density at radius 1 is 1.44 bits per heavy atom. The molecule has 0 aliphatic heterocycles. The molecule has 96 valence electrons. The second-order valence-corrected chi connectivity index (χ2v) is 4.46. The van der Waals surface area contributed by atoms with Crippen LogP contribution in [0.3, 0.4) is 0 Å². The minimum Gasteiger partial charge on any atom is -0.352 e. The van der Waals surface area contributed by atoms with Gasteiger partial charge in [0.05, 0.1) is 12.5 Å². The summed E-state index contributed by atoms with van der Waals surface area (Å²) >= 11 is 0. The fourth-order valence-electron chi connectivity index (χ4n) is 1.85. The van der Waals surface area contributed by atoms with Crippen molar-refractivity contribution in [2.45, 2.75) is 45.6 Å². The molecular formula is C15H20N2O. The third kappa shape index (κ3) is 4.58. The lowest BCUT2D eigenvalue weighted by molar-refractivity contribution is -0.121. The molecule has 18 heavy (non-hydrogen) atoms. The molecule has 0 radical (unpaired) electrons. The number of hydrogen-bond acceptors (Lipinski definition) is 2. The van der Waals surface area contributed by atoms with Crippen molar-refractivity contribution in [3.63, 3.8) is 0 Å². The second-order valence-electron chi connectivity index (χ2n) is 4.46. The van der Waals surface area contributed by atoms with Gasteiger partial charge in [-0.25, -0.2) is 0 Å². The zero-order valence-electron chi connectivity index (χ0n) is 11.1. The van der Waals surface area contributed by atoms with Gasteiger partial charge in [-0.3, -0.25) is 4.79 Å². The Balaban J connectivity index is 2.42. The Morgan fingerprint density at radius 3 is 2.78 bits per heavy atom. The molecule has 0 aliphatic carbocycles. The molecule has 0 spiro atoms. The SMILES string of the molecule is CCC(CC#N)NC(=O)CCc1ccccc1C. The maximum absolute atomic E-state index is 11.8. The molecule has 3 nitrogen and oxygen atoms in total. The van der Waals surface area contributed by atoms with Crippen LogP contribution in [-0.2, 0) is 11.2 Å². The number of nitrogens with zero attached hydrogens (tertiary/aromatic N) is 1. The van der Waals surface area contributed by atoms with Crippen molar-refractivity contribution < 1.29 is 4.79 Å². The first kappa shape index (κ1) is 14.2. The van der Waals surface area contributed by atoms with Crippen LogP contribution in [0.25, 0.3) is 0 Å². The van der Waals surface area contributed by atoms with Gasteiger partial charge in [0.15, 0.2) is 0 Å². The van der Waals surface area contributed by atoms with E-state index in [2.05, 4.69) is 30.4 Å². The molecule has 1 N–H and O–H groups in total. The molecule has 0 aliphatic rings. The van der Waals surface area contributed by atoms with E-state index in [0.717, 1.165) is 12.8 Å². The van der Waals surface area contributed by atoms with Crippen LogP contribution in [0.4, 0.5) is 0 Å². The van der Waals surface area contributed by atoms with Crippen LogP contribution in [-0.4, -0.2) is 11.9 Å². The number of aryl methyl sites for hydroxylation is 2. The summed E-state index contributed by atoms with van der Waals surface area (Å²) in [6, 6.07) is 10.2. The Kier molecular flexibility index (Phi) is 5.93. The number of carbonyl (C=O) groups is 1. The molecule has 0 saturated heterocycles. The highest BCUT2D eigenvalue weighted by Gasteiger charge is 2.10. The standard InChI is InChI=1S/C15H20N2O/c1-3-14(10-11-16)17-15(18)9-8-13-7-5-4-6-12(13)2/h4-7,14H,3,8-10H2,1-2H3,(H,17,18). The highest BCUT2D eigenvalue weighted by atomic mass is 16.1. The average Bonchev–Trinajstić information content (AvgIpc) is 2.37. The number of benzene rings is 1. The van der Waals surface area contributed by atoms with Gasteiger partial charge in [-0.1, -0.05) is 31.2 Å². The third-order valence-corrected chi connectivity index (χ3v) is 3.08. The lowest BCUT2D eigenvalue weighted by atomic mass is 10.0. The van der Waals surface area contributed by atoms with Crippen molar-refractivity contribution in [1.29, 1.82) is 5.26 Å². The van der Waals surface area contributed by atoms with E-state index in [1.54, 1.807) is 0 Å². The molecule has 3 heteroatoms. The van der Waals surface area contributed by atoms with Crippen molar-refractivity contribution >= 4 is 5.91 Å². The maximum atomic E-state index is 11.8. The van der Waals surface area contributed by atoms with E-state index in [1.807, 2.05) is 19.1 Å². The summed E-state index contributed by atoms with van der Waals surface area (Å²) in [5, 5.41) is 11.5. The number of nitrogens with one attached hydrogen (secondary N) is 1. The number of hydrogen-bond donors (Lipinski definition) is 1. The molecule has 1 aromatic rings. The van der Waals surface area contributed by atoms with E-state index in [0.29, 0.717) is 12.8 Å². The smallest absolute Gasteiger partial charge is 0.220 e. The van der Waals surface area contributed by atoms with Crippen LogP contribution < -0.4 is 5.32 Å². The monoisotopic (exact) mass is 244 g/mol. The maximum Gasteiger partial charge on any atom is 0.220 e. The summed E-state index contributed by atoms with van der Waals surface area (Å²) in [7, 11) is 0. The van der Waals surface area contributed by atoms with Crippen molar-refractivity contribution in [3.8, 4) is 6.07 Å². The number of amides is 1. The molecule has 1 unspecified atom stereocenters. The molecule has 0 fully saturated rings. The molecule has 0 saturated carbocycles. The molecule has 1 atom stereocenters. The zero-order chi connectivity index (χ0) is 13.4. The van der Waals surface area contributed by atoms with Crippen molar-refractivity contribution in [2.24, 2.45) is 0 Å². The van der Waals surface area contributed by atoms with Gasteiger partial charge in [-0.15, -0.1) is 0 Å². The second kappa shape index (κ2) is 7.50. The lowest BCUT2D eigenvalue weighted by Gasteiger charge is -2.13.